The van der Waals surface area contributed by atoms with Crippen molar-refractivity contribution < 1.29 is 0 Å². The molecule has 0 spiro atoms. The van der Waals surface area contributed by atoms with Crippen molar-refractivity contribution >= 4 is 5.96 Å². The van der Waals surface area contributed by atoms with Crippen molar-refractivity contribution in [2.45, 2.75) is 83.7 Å². The predicted molar refractivity (Wildman–Crippen MR) is 75.2 cm³/mol. The van der Waals surface area contributed by atoms with Gasteiger partial charge in [0.1, 0.15) is 0 Å². The van der Waals surface area contributed by atoms with Crippen molar-refractivity contribution in [2.75, 3.05) is 0 Å². The van der Waals surface area contributed by atoms with E-state index in [9.17, 15) is 0 Å². The number of guanidine groups is 1. The Bertz CT molecular complexity index is 220. The summed E-state index contributed by atoms with van der Waals surface area (Å²) in [7, 11) is 0. The fourth-order valence-electron chi connectivity index (χ4n) is 2.47. The van der Waals surface area contributed by atoms with Gasteiger partial charge in [0, 0.05) is 6.04 Å². The van der Waals surface area contributed by atoms with E-state index in [-0.39, 0.29) is 0 Å². The number of hydrogen-bond acceptors (Lipinski definition) is 1. The first-order chi connectivity index (χ1) is 8.22. The number of nitrogens with one attached hydrogen (secondary N) is 1. The van der Waals surface area contributed by atoms with Crippen LogP contribution in [0.2, 0.25) is 0 Å². The number of rotatable bonds is 6. The number of aliphatic imine (C=N–C) groups is 1. The topological polar surface area (TPSA) is 50.4 Å². The van der Waals surface area contributed by atoms with Crippen LogP contribution in [-0.2, 0) is 0 Å². The second kappa shape index (κ2) is 8.37. The Kier molecular flexibility index (Phi) is 7.06. The molecule has 0 radical (unpaired) electrons. The summed E-state index contributed by atoms with van der Waals surface area (Å²) >= 11 is 0. The molecular formula is C14H29N3. The Morgan fingerprint density at radius 3 is 2.65 bits per heavy atom. The van der Waals surface area contributed by atoms with Gasteiger partial charge in [0.2, 0.25) is 0 Å². The second-order valence-corrected chi connectivity index (χ2v) is 5.35. The average molecular weight is 239 g/mol. The normalized spacial score (nSPS) is 20.2. The van der Waals surface area contributed by atoms with Crippen molar-refractivity contribution in [2.24, 2.45) is 10.7 Å². The molecule has 3 heteroatoms. The molecule has 1 fully saturated rings. The van der Waals surface area contributed by atoms with Gasteiger partial charge in [-0.15, -0.1) is 0 Å². The molecule has 0 aromatic carbocycles. The quantitative estimate of drug-likeness (QED) is 0.425. The molecule has 0 aromatic heterocycles. The highest BCUT2D eigenvalue weighted by Gasteiger charge is 2.12. The number of unbranched alkanes of at least 4 members (excludes halogenated alkanes) is 2. The van der Waals surface area contributed by atoms with E-state index in [0.29, 0.717) is 18.0 Å². The molecule has 1 atom stereocenters. The lowest BCUT2D eigenvalue weighted by Gasteiger charge is -2.20. The number of nitrogens with two attached hydrogens (primary N) is 1. The first kappa shape index (κ1) is 14.3. The van der Waals surface area contributed by atoms with Gasteiger partial charge in [0.25, 0.3) is 0 Å². The minimum Gasteiger partial charge on any atom is -0.370 e. The minimum absolute atomic E-state index is 0.453. The van der Waals surface area contributed by atoms with Gasteiger partial charge < -0.3 is 11.1 Å². The van der Waals surface area contributed by atoms with Gasteiger partial charge in [-0.2, -0.15) is 0 Å². The zero-order valence-corrected chi connectivity index (χ0v) is 11.5. The van der Waals surface area contributed by atoms with Gasteiger partial charge in [-0.25, -0.2) is 0 Å². The van der Waals surface area contributed by atoms with Crippen molar-refractivity contribution in [3.05, 3.63) is 0 Å². The molecule has 100 valence electrons. The van der Waals surface area contributed by atoms with Gasteiger partial charge in [0.05, 0.1) is 6.04 Å². The summed E-state index contributed by atoms with van der Waals surface area (Å²) in [5, 5.41) is 3.31. The molecule has 1 unspecified atom stereocenters. The molecule has 0 aromatic rings. The van der Waals surface area contributed by atoms with Crippen molar-refractivity contribution in [3.63, 3.8) is 0 Å². The average Bonchev–Trinajstić information content (AvgIpc) is 2.30. The molecule has 0 heterocycles. The van der Waals surface area contributed by atoms with E-state index in [4.69, 9.17) is 5.73 Å². The van der Waals surface area contributed by atoms with Crippen LogP contribution in [0.4, 0.5) is 0 Å². The van der Waals surface area contributed by atoms with E-state index in [1.807, 2.05) is 0 Å². The maximum atomic E-state index is 5.95. The van der Waals surface area contributed by atoms with Gasteiger partial charge in [-0.05, 0) is 26.2 Å². The Labute approximate surface area is 106 Å². The van der Waals surface area contributed by atoms with E-state index in [2.05, 4.69) is 24.2 Å². The molecular weight excluding hydrogens is 210 g/mol. The lowest BCUT2D eigenvalue weighted by atomic mass is 9.96. The van der Waals surface area contributed by atoms with Crippen LogP contribution in [0.3, 0.4) is 0 Å². The first-order valence-corrected chi connectivity index (χ1v) is 7.32. The monoisotopic (exact) mass is 239 g/mol. The molecule has 0 aliphatic heterocycles. The zero-order valence-electron chi connectivity index (χ0n) is 11.5. The molecule has 17 heavy (non-hydrogen) atoms. The smallest absolute Gasteiger partial charge is 0.189 e. The molecule has 3 nitrogen and oxygen atoms in total. The number of hydrogen-bond donors (Lipinski definition) is 2. The Morgan fingerprint density at radius 1 is 1.29 bits per heavy atom. The highest BCUT2D eigenvalue weighted by molar-refractivity contribution is 5.78. The Morgan fingerprint density at radius 2 is 2.00 bits per heavy atom. The van der Waals surface area contributed by atoms with Crippen LogP contribution in [0.15, 0.2) is 4.99 Å². The summed E-state index contributed by atoms with van der Waals surface area (Å²) in [4.78, 5) is 4.59. The van der Waals surface area contributed by atoms with E-state index >= 15 is 0 Å². The third-order valence-corrected chi connectivity index (χ3v) is 3.53. The minimum atomic E-state index is 0.453. The Hall–Kier alpha value is -0.730. The fourth-order valence-corrected chi connectivity index (χ4v) is 2.47. The lowest BCUT2D eigenvalue weighted by molar-refractivity contribution is 0.440. The molecule has 1 aliphatic carbocycles. The lowest BCUT2D eigenvalue weighted by Crippen LogP contribution is -2.39. The molecule has 0 saturated heterocycles. The first-order valence-electron chi connectivity index (χ1n) is 7.32. The molecule has 1 saturated carbocycles. The van der Waals surface area contributed by atoms with Crippen LogP contribution >= 0.6 is 0 Å². The molecule has 1 rings (SSSR count). The highest BCUT2D eigenvalue weighted by atomic mass is 15.1. The van der Waals surface area contributed by atoms with Gasteiger partial charge in [-0.1, -0.05) is 45.4 Å². The van der Waals surface area contributed by atoms with Crippen molar-refractivity contribution in [1.82, 2.24) is 5.32 Å². The van der Waals surface area contributed by atoms with E-state index in [1.165, 1.54) is 57.8 Å². The van der Waals surface area contributed by atoms with Crippen LogP contribution in [0.5, 0.6) is 0 Å². The van der Waals surface area contributed by atoms with Gasteiger partial charge in [0.15, 0.2) is 5.96 Å². The molecule has 0 amide bonds. The van der Waals surface area contributed by atoms with Crippen LogP contribution in [0.25, 0.3) is 0 Å². The van der Waals surface area contributed by atoms with E-state index in [0.717, 1.165) is 0 Å². The maximum Gasteiger partial charge on any atom is 0.189 e. The summed E-state index contributed by atoms with van der Waals surface area (Å²) in [6.07, 6.45) is 11.5. The van der Waals surface area contributed by atoms with Gasteiger partial charge >= 0.3 is 0 Å². The molecule has 3 N–H and O–H groups in total. The summed E-state index contributed by atoms with van der Waals surface area (Å²) in [5.74, 6) is 0.654. The van der Waals surface area contributed by atoms with E-state index in [1.54, 1.807) is 0 Å². The van der Waals surface area contributed by atoms with Crippen LogP contribution in [-0.4, -0.2) is 18.0 Å². The van der Waals surface area contributed by atoms with Crippen LogP contribution in [0.1, 0.15) is 71.6 Å². The third-order valence-electron chi connectivity index (χ3n) is 3.53. The summed E-state index contributed by atoms with van der Waals surface area (Å²) in [6.45, 7) is 4.43. The fraction of sp³-hybridized carbons (Fsp3) is 0.929. The van der Waals surface area contributed by atoms with Crippen LogP contribution < -0.4 is 11.1 Å². The molecule has 0 bridgehead atoms. The highest BCUT2D eigenvalue weighted by Crippen LogP contribution is 2.19. The predicted octanol–water partition coefficient (Wildman–Crippen LogP) is 3.19. The SMILES string of the molecule is CCCCCC(C)NC(N)=NC1CCCCC1. The van der Waals surface area contributed by atoms with Gasteiger partial charge in [-0.3, -0.25) is 4.99 Å². The summed E-state index contributed by atoms with van der Waals surface area (Å²) < 4.78 is 0. The largest absolute Gasteiger partial charge is 0.370 e. The molecule has 1 aliphatic rings. The maximum absolute atomic E-state index is 5.95. The standard InChI is InChI=1S/C14H29N3/c1-3-4-6-9-12(2)16-14(15)17-13-10-7-5-8-11-13/h12-13H,3-11H2,1-2H3,(H3,15,16,17). The summed E-state index contributed by atoms with van der Waals surface area (Å²) in [5.41, 5.74) is 5.95. The van der Waals surface area contributed by atoms with Crippen molar-refractivity contribution in [3.8, 4) is 0 Å². The zero-order chi connectivity index (χ0) is 12.5. The summed E-state index contributed by atoms with van der Waals surface area (Å²) in [6, 6.07) is 0.924. The van der Waals surface area contributed by atoms with E-state index < -0.39 is 0 Å². The third kappa shape index (κ3) is 6.54. The van der Waals surface area contributed by atoms with Crippen LogP contribution in [0, 0.1) is 0 Å². The second-order valence-electron chi connectivity index (χ2n) is 5.35. The Balaban J connectivity index is 2.21. The number of nitrogens with zero attached hydrogens (tertiary/aromatic N) is 1. The van der Waals surface area contributed by atoms with Crippen molar-refractivity contribution in [1.29, 1.82) is 0 Å².